The van der Waals surface area contributed by atoms with Gasteiger partial charge in [-0.2, -0.15) is 0 Å². The number of thiophene rings is 1. The second-order valence-corrected chi connectivity index (χ2v) is 10.5. The fourth-order valence-corrected chi connectivity index (χ4v) is 6.02. The van der Waals surface area contributed by atoms with Crippen LogP contribution in [-0.2, 0) is 9.84 Å². The number of hydrogen-bond donors (Lipinski definition) is 3. The molecule has 2 amide bonds. The number of benzene rings is 1. The molecule has 0 aliphatic carbocycles. The van der Waals surface area contributed by atoms with E-state index in [1.165, 1.54) is 11.4 Å². The molecule has 0 fully saturated rings. The highest BCUT2D eigenvalue weighted by atomic mass is 35.5. The minimum Gasteiger partial charge on any atom is -0.366 e. The van der Waals surface area contributed by atoms with E-state index in [4.69, 9.17) is 21.9 Å². The predicted molar refractivity (Wildman–Crippen MR) is 128 cm³/mol. The highest BCUT2D eigenvalue weighted by Gasteiger charge is 2.32. The second-order valence-electron chi connectivity index (χ2n) is 7.19. The van der Waals surface area contributed by atoms with E-state index in [0.717, 1.165) is 23.0 Å². The third kappa shape index (κ3) is 4.80. The molecular formula is C21H21ClN4O5S2. The predicted octanol–water partition coefficient (Wildman–Crippen LogP) is 4.06. The van der Waals surface area contributed by atoms with Gasteiger partial charge in [0.1, 0.15) is 15.6 Å². The number of rotatable bonds is 8. The fourth-order valence-electron chi connectivity index (χ4n) is 3.24. The van der Waals surface area contributed by atoms with Crippen LogP contribution in [0.3, 0.4) is 0 Å². The number of aromatic nitrogens is 1. The zero-order chi connectivity index (χ0) is 24.5. The number of anilines is 2. The molecule has 174 valence electrons. The van der Waals surface area contributed by atoms with Crippen LogP contribution in [0.15, 0.2) is 45.7 Å². The van der Waals surface area contributed by atoms with E-state index in [-0.39, 0.29) is 31.9 Å². The van der Waals surface area contributed by atoms with Crippen molar-refractivity contribution in [3.63, 3.8) is 0 Å². The number of carbonyl (C=O) groups is 2. The molecule has 0 saturated heterocycles. The Morgan fingerprint density at radius 3 is 2.58 bits per heavy atom. The largest absolute Gasteiger partial charge is 0.366 e. The van der Waals surface area contributed by atoms with Crippen LogP contribution in [0, 0.1) is 20.8 Å². The summed E-state index contributed by atoms with van der Waals surface area (Å²) in [6.07, 6.45) is 1.15. The zero-order valence-electron chi connectivity index (χ0n) is 17.9. The smallest absolute Gasteiger partial charge is 0.267 e. The first-order valence-electron chi connectivity index (χ1n) is 9.52. The van der Waals surface area contributed by atoms with Crippen LogP contribution in [0.4, 0.5) is 11.6 Å². The van der Waals surface area contributed by atoms with Gasteiger partial charge in [0.2, 0.25) is 15.7 Å². The number of halogens is 1. The van der Waals surface area contributed by atoms with Crippen molar-refractivity contribution in [2.45, 2.75) is 31.0 Å². The summed E-state index contributed by atoms with van der Waals surface area (Å²) >= 11 is 7.01. The summed E-state index contributed by atoms with van der Waals surface area (Å²) in [5.74, 6) is -1.45. The van der Waals surface area contributed by atoms with Crippen molar-refractivity contribution in [2.75, 3.05) is 10.6 Å². The summed E-state index contributed by atoms with van der Waals surface area (Å²) in [6.45, 7) is 8.66. The molecule has 1 unspecified atom stereocenters. The average molecular weight is 509 g/mol. The number of nitrogens with one attached hydrogen (secondary N) is 2. The van der Waals surface area contributed by atoms with Crippen LogP contribution < -0.4 is 16.4 Å². The topological polar surface area (TPSA) is 144 Å². The van der Waals surface area contributed by atoms with E-state index in [9.17, 15) is 18.0 Å². The summed E-state index contributed by atoms with van der Waals surface area (Å²) in [4.78, 5) is 24.7. The summed E-state index contributed by atoms with van der Waals surface area (Å²) in [7, 11) is -4.14. The molecule has 0 spiro atoms. The number of hydrogen-bond acceptors (Lipinski definition) is 8. The maximum atomic E-state index is 13.3. The van der Waals surface area contributed by atoms with Crippen LogP contribution >= 0.6 is 22.9 Å². The van der Waals surface area contributed by atoms with Crippen molar-refractivity contribution >= 4 is 56.2 Å². The van der Waals surface area contributed by atoms with Gasteiger partial charge in [0.25, 0.3) is 11.8 Å². The number of carbonyl (C=O) groups excluding carboxylic acids is 2. The standard InChI is InChI=1S/C21H21ClN4O5S2/c1-5-15(25-21-17(22)12(4)26-31-21)33(29,30)14-6-7-32-18(14)20(28)24-13-9-10(2)8-11(3)16(13)19(23)27/h5-9,15,25H,1H2,2-4H3,(H2,23,27)(H,24,28). The van der Waals surface area contributed by atoms with Gasteiger partial charge < -0.3 is 20.9 Å². The Morgan fingerprint density at radius 1 is 1.30 bits per heavy atom. The molecule has 0 saturated carbocycles. The number of amides is 2. The van der Waals surface area contributed by atoms with Crippen LogP contribution in [-0.4, -0.2) is 30.8 Å². The molecule has 0 radical (unpaired) electrons. The fraction of sp³-hybridized carbons (Fsp3) is 0.190. The van der Waals surface area contributed by atoms with E-state index >= 15 is 0 Å². The molecule has 0 aliphatic heterocycles. The average Bonchev–Trinajstić information content (AvgIpc) is 3.34. The molecule has 0 bridgehead atoms. The van der Waals surface area contributed by atoms with Crippen molar-refractivity contribution in [1.82, 2.24) is 5.16 Å². The molecule has 3 aromatic rings. The summed E-state index contributed by atoms with van der Waals surface area (Å²) in [5.41, 5.74) is 7.59. The first-order chi connectivity index (χ1) is 15.5. The Balaban J connectivity index is 1.96. The monoisotopic (exact) mass is 508 g/mol. The van der Waals surface area contributed by atoms with Crippen molar-refractivity contribution in [2.24, 2.45) is 5.73 Å². The van der Waals surface area contributed by atoms with Gasteiger partial charge in [-0.3, -0.25) is 9.59 Å². The molecule has 33 heavy (non-hydrogen) atoms. The molecule has 12 heteroatoms. The molecule has 2 aromatic heterocycles. The van der Waals surface area contributed by atoms with Crippen molar-refractivity contribution in [1.29, 1.82) is 0 Å². The minimum absolute atomic E-state index is 0.0368. The van der Waals surface area contributed by atoms with E-state index in [1.807, 2.05) is 0 Å². The quantitative estimate of drug-likeness (QED) is 0.389. The number of nitrogens with zero attached hydrogens (tertiary/aromatic N) is 1. The summed E-state index contributed by atoms with van der Waals surface area (Å²) in [5, 5.41) is 9.20. The number of sulfone groups is 1. The second kappa shape index (κ2) is 9.38. The minimum atomic E-state index is -4.14. The van der Waals surface area contributed by atoms with Crippen molar-refractivity contribution < 1.29 is 22.5 Å². The van der Waals surface area contributed by atoms with Crippen molar-refractivity contribution in [3.8, 4) is 0 Å². The van der Waals surface area contributed by atoms with Crippen LogP contribution in [0.5, 0.6) is 0 Å². The zero-order valence-corrected chi connectivity index (χ0v) is 20.3. The number of primary amides is 1. The third-order valence-corrected chi connectivity index (χ3v) is 8.15. The Bertz CT molecular complexity index is 1360. The molecule has 0 aliphatic rings. The summed E-state index contributed by atoms with van der Waals surface area (Å²) < 4.78 is 31.7. The summed E-state index contributed by atoms with van der Waals surface area (Å²) in [6, 6.07) is 4.67. The van der Waals surface area contributed by atoms with Crippen molar-refractivity contribution in [3.05, 3.63) is 68.5 Å². The van der Waals surface area contributed by atoms with E-state index in [2.05, 4.69) is 22.4 Å². The number of nitrogens with two attached hydrogens (primary N) is 1. The maximum Gasteiger partial charge on any atom is 0.267 e. The van der Waals surface area contributed by atoms with Crippen LogP contribution in [0.1, 0.15) is 36.9 Å². The SMILES string of the molecule is C=CC(Nc1onc(C)c1Cl)S(=O)(=O)c1ccsc1C(=O)Nc1cc(C)cc(C)c1C(N)=O. The maximum absolute atomic E-state index is 13.3. The Morgan fingerprint density at radius 2 is 2.00 bits per heavy atom. The molecule has 4 N–H and O–H groups in total. The first-order valence-corrected chi connectivity index (χ1v) is 12.3. The van der Waals surface area contributed by atoms with Gasteiger partial charge in [0.15, 0.2) is 5.37 Å². The highest BCUT2D eigenvalue weighted by Crippen LogP contribution is 2.31. The number of aryl methyl sites for hydroxylation is 3. The Kier molecular flexibility index (Phi) is 6.96. The van der Waals surface area contributed by atoms with Crippen LogP contribution in [0.2, 0.25) is 5.02 Å². The molecule has 9 nitrogen and oxygen atoms in total. The Labute approximate surface area is 199 Å². The van der Waals surface area contributed by atoms with Gasteiger partial charge >= 0.3 is 0 Å². The lowest BCUT2D eigenvalue weighted by Crippen LogP contribution is -2.29. The molecular weight excluding hydrogens is 488 g/mol. The lowest BCUT2D eigenvalue weighted by molar-refractivity contribution is 0.100. The van der Waals surface area contributed by atoms with Gasteiger partial charge in [-0.05, 0) is 49.4 Å². The molecule has 3 rings (SSSR count). The normalized spacial score (nSPS) is 12.2. The lowest BCUT2D eigenvalue weighted by atomic mass is 10.0. The van der Waals surface area contributed by atoms with Crippen LogP contribution in [0.25, 0.3) is 0 Å². The van der Waals surface area contributed by atoms with Gasteiger partial charge in [-0.25, -0.2) is 8.42 Å². The van der Waals surface area contributed by atoms with E-state index < -0.39 is 27.0 Å². The molecule has 2 heterocycles. The molecule has 1 aromatic carbocycles. The van der Waals surface area contributed by atoms with E-state index in [1.54, 1.807) is 32.9 Å². The highest BCUT2D eigenvalue weighted by molar-refractivity contribution is 7.92. The van der Waals surface area contributed by atoms with E-state index in [0.29, 0.717) is 11.3 Å². The van der Waals surface area contributed by atoms with Gasteiger partial charge in [-0.15, -0.1) is 11.3 Å². The molecule has 1 atom stereocenters. The van der Waals surface area contributed by atoms with Gasteiger partial charge in [0, 0.05) is 0 Å². The first kappa shape index (κ1) is 24.5. The lowest BCUT2D eigenvalue weighted by Gasteiger charge is -2.16. The Hall–Kier alpha value is -3.15. The van der Waals surface area contributed by atoms with Gasteiger partial charge in [0.05, 0.1) is 16.1 Å². The van der Waals surface area contributed by atoms with Gasteiger partial charge in [-0.1, -0.05) is 35.5 Å². The third-order valence-electron chi connectivity index (χ3n) is 4.73.